The van der Waals surface area contributed by atoms with Crippen LogP contribution in [0.25, 0.3) is 0 Å². The van der Waals surface area contributed by atoms with Gasteiger partial charge in [0.2, 0.25) is 0 Å². The number of halogens is 1. The molecule has 1 rings (SSSR count). The van der Waals surface area contributed by atoms with Crippen molar-refractivity contribution in [2.24, 2.45) is 5.73 Å². The molecule has 0 aliphatic carbocycles. The number of methoxy groups -OCH3 is 1. The summed E-state index contributed by atoms with van der Waals surface area (Å²) in [5.41, 5.74) is 6.12. The molecule has 0 fully saturated rings. The Bertz CT molecular complexity index is 381. The first-order valence-electron chi connectivity index (χ1n) is 5.14. The van der Waals surface area contributed by atoms with Gasteiger partial charge in [0, 0.05) is 10.9 Å². The van der Waals surface area contributed by atoms with Gasteiger partial charge in [-0.1, -0.05) is 41.1 Å². The number of hydrogen-bond donors (Lipinski definition) is 1. The lowest BCUT2D eigenvalue weighted by Crippen LogP contribution is -2.50. The smallest absolute Gasteiger partial charge is 0.326 e. The largest absolute Gasteiger partial charge is 0.468 e. The second-order valence-electron chi connectivity index (χ2n) is 3.77. The van der Waals surface area contributed by atoms with E-state index in [0.29, 0.717) is 12.8 Å². The van der Waals surface area contributed by atoms with Crippen molar-refractivity contribution in [1.82, 2.24) is 0 Å². The van der Waals surface area contributed by atoms with Crippen LogP contribution in [0, 0.1) is 0 Å². The van der Waals surface area contributed by atoms with E-state index in [-0.39, 0.29) is 5.97 Å². The molecule has 0 aliphatic rings. The summed E-state index contributed by atoms with van der Waals surface area (Å²) in [6.07, 6.45) is 1.01. The number of benzene rings is 1. The summed E-state index contributed by atoms with van der Waals surface area (Å²) in [6.45, 7) is 1.88. The van der Waals surface area contributed by atoms with E-state index in [0.717, 1.165) is 10.0 Å². The normalized spacial score (nSPS) is 14.2. The molecule has 1 aromatic rings. The van der Waals surface area contributed by atoms with Crippen LogP contribution in [0.2, 0.25) is 0 Å². The zero-order chi connectivity index (χ0) is 12.2. The summed E-state index contributed by atoms with van der Waals surface area (Å²) in [6, 6.07) is 7.73. The lowest BCUT2D eigenvalue weighted by molar-refractivity contribution is -0.147. The van der Waals surface area contributed by atoms with E-state index in [1.165, 1.54) is 7.11 Å². The van der Waals surface area contributed by atoms with E-state index < -0.39 is 5.54 Å². The van der Waals surface area contributed by atoms with Crippen LogP contribution >= 0.6 is 15.9 Å². The third kappa shape index (κ3) is 2.83. The molecular weight excluding hydrogens is 270 g/mol. The first-order valence-corrected chi connectivity index (χ1v) is 5.93. The van der Waals surface area contributed by atoms with Gasteiger partial charge in [-0.15, -0.1) is 0 Å². The summed E-state index contributed by atoms with van der Waals surface area (Å²) < 4.78 is 5.70. The fourth-order valence-corrected chi connectivity index (χ4v) is 1.95. The fourth-order valence-electron chi connectivity index (χ4n) is 1.53. The predicted molar refractivity (Wildman–Crippen MR) is 67.1 cm³/mol. The van der Waals surface area contributed by atoms with Crippen LogP contribution in [-0.2, 0) is 16.0 Å². The second-order valence-corrected chi connectivity index (χ2v) is 4.62. The van der Waals surface area contributed by atoms with Crippen molar-refractivity contribution in [2.45, 2.75) is 25.3 Å². The minimum absolute atomic E-state index is 0.370. The molecule has 1 unspecified atom stereocenters. The highest BCUT2D eigenvalue weighted by atomic mass is 79.9. The van der Waals surface area contributed by atoms with Gasteiger partial charge in [-0.2, -0.15) is 0 Å². The quantitative estimate of drug-likeness (QED) is 0.864. The molecule has 2 N–H and O–H groups in total. The van der Waals surface area contributed by atoms with E-state index in [4.69, 9.17) is 10.5 Å². The highest BCUT2D eigenvalue weighted by molar-refractivity contribution is 9.10. The Hall–Kier alpha value is -0.870. The van der Waals surface area contributed by atoms with Gasteiger partial charge < -0.3 is 10.5 Å². The molecule has 1 atom stereocenters. The molecule has 4 heteroatoms. The number of carbonyl (C=O) groups excluding carboxylic acids is 1. The molecule has 0 saturated heterocycles. The Morgan fingerprint density at radius 1 is 1.50 bits per heavy atom. The summed E-state index contributed by atoms with van der Waals surface area (Å²) in [5, 5.41) is 0. The van der Waals surface area contributed by atoms with Gasteiger partial charge in [0.25, 0.3) is 0 Å². The molecule has 0 amide bonds. The first-order chi connectivity index (χ1) is 7.53. The summed E-state index contributed by atoms with van der Waals surface area (Å²) >= 11 is 3.44. The van der Waals surface area contributed by atoms with Gasteiger partial charge in [-0.05, 0) is 18.1 Å². The van der Waals surface area contributed by atoms with Crippen molar-refractivity contribution in [3.8, 4) is 0 Å². The highest BCUT2D eigenvalue weighted by Crippen LogP contribution is 2.22. The molecular formula is C12H16BrNO2. The molecule has 0 aromatic heterocycles. The Morgan fingerprint density at radius 2 is 2.12 bits per heavy atom. The molecule has 0 heterocycles. The lowest BCUT2D eigenvalue weighted by Gasteiger charge is -2.25. The molecule has 0 radical (unpaired) electrons. The Morgan fingerprint density at radius 3 is 2.62 bits per heavy atom. The van der Waals surface area contributed by atoms with Crippen LogP contribution in [0.3, 0.4) is 0 Å². The van der Waals surface area contributed by atoms with Crippen LogP contribution < -0.4 is 5.73 Å². The van der Waals surface area contributed by atoms with Gasteiger partial charge in [0.1, 0.15) is 5.54 Å². The van der Waals surface area contributed by atoms with Gasteiger partial charge in [-0.3, -0.25) is 4.79 Å². The molecule has 16 heavy (non-hydrogen) atoms. The maximum absolute atomic E-state index is 11.6. The van der Waals surface area contributed by atoms with Crippen molar-refractivity contribution in [2.75, 3.05) is 7.11 Å². The summed E-state index contributed by atoms with van der Waals surface area (Å²) in [4.78, 5) is 11.6. The van der Waals surface area contributed by atoms with E-state index in [9.17, 15) is 4.79 Å². The monoisotopic (exact) mass is 285 g/mol. The number of hydrogen-bond acceptors (Lipinski definition) is 3. The lowest BCUT2D eigenvalue weighted by atomic mass is 9.89. The maximum Gasteiger partial charge on any atom is 0.326 e. The zero-order valence-electron chi connectivity index (χ0n) is 9.50. The Balaban J connectivity index is 2.94. The molecule has 1 aromatic carbocycles. The van der Waals surface area contributed by atoms with Crippen molar-refractivity contribution >= 4 is 21.9 Å². The average molecular weight is 286 g/mol. The number of carbonyl (C=O) groups is 1. The molecule has 88 valence electrons. The Labute approximate surface area is 104 Å². The van der Waals surface area contributed by atoms with Crippen molar-refractivity contribution < 1.29 is 9.53 Å². The number of rotatable bonds is 4. The van der Waals surface area contributed by atoms with Crippen LogP contribution in [0.15, 0.2) is 28.7 Å². The number of esters is 1. The van der Waals surface area contributed by atoms with Crippen molar-refractivity contribution in [1.29, 1.82) is 0 Å². The molecule has 0 saturated carbocycles. The SMILES string of the molecule is CCC(N)(Cc1ccccc1Br)C(=O)OC. The molecule has 0 bridgehead atoms. The number of nitrogens with two attached hydrogens (primary N) is 1. The zero-order valence-corrected chi connectivity index (χ0v) is 11.1. The van der Waals surface area contributed by atoms with Crippen LogP contribution in [-0.4, -0.2) is 18.6 Å². The van der Waals surface area contributed by atoms with Gasteiger partial charge in [-0.25, -0.2) is 0 Å². The van der Waals surface area contributed by atoms with E-state index in [2.05, 4.69) is 15.9 Å². The van der Waals surface area contributed by atoms with Gasteiger partial charge >= 0.3 is 5.97 Å². The van der Waals surface area contributed by atoms with Crippen LogP contribution in [0.5, 0.6) is 0 Å². The number of ether oxygens (including phenoxy) is 1. The molecule has 0 spiro atoms. The third-order valence-corrected chi connectivity index (χ3v) is 3.46. The minimum atomic E-state index is -0.946. The summed E-state index contributed by atoms with van der Waals surface area (Å²) in [7, 11) is 1.36. The predicted octanol–water partition coefficient (Wildman–Crippen LogP) is 2.27. The van der Waals surface area contributed by atoms with E-state index in [1.54, 1.807) is 0 Å². The van der Waals surface area contributed by atoms with Crippen molar-refractivity contribution in [3.05, 3.63) is 34.3 Å². The topological polar surface area (TPSA) is 52.3 Å². The average Bonchev–Trinajstić information content (AvgIpc) is 2.31. The van der Waals surface area contributed by atoms with Crippen LogP contribution in [0.4, 0.5) is 0 Å². The van der Waals surface area contributed by atoms with E-state index in [1.807, 2.05) is 31.2 Å². The summed E-state index contributed by atoms with van der Waals surface area (Å²) in [5.74, 6) is -0.370. The molecule has 0 aliphatic heterocycles. The Kier molecular flexibility index (Phi) is 4.50. The van der Waals surface area contributed by atoms with Gasteiger partial charge in [0.15, 0.2) is 0 Å². The van der Waals surface area contributed by atoms with Crippen LogP contribution in [0.1, 0.15) is 18.9 Å². The highest BCUT2D eigenvalue weighted by Gasteiger charge is 2.33. The fraction of sp³-hybridized carbons (Fsp3) is 0.417. The molecule has 3 nitrogen and oxygen atoms in total. The third-order valence-electron chi connectivity index (χ3n) is 2.69. The van der Waals surface area contributed by atoms with Crippen molar-refractivity contribution in [3.63, 3.8) is 0 Å². The first kappa shape index (κ1) is 13.2. The van der Waals surface area contributed by atoms with E-state index >= 15 is 0 Å². The maximum atomic E-state index is 11.6. The minimum Gasteiger partial charge on any atom is -0.468 e. The van der Waals surface area contributed by atoms with Gasteiger partial charge in [0.05, 0.1) is 7.11 Å². The second kappa shape index (κ2) is 5.46. The standard InChI is InChI=1S/C12H16BrNO2/c1-3-12(14,11(15)16-2)8-9-6-4-5-7-10(9)13/h4-7H,3,8,14H2,1-2H3.